The van der Waals surface area contributed by atoms with Crippen LogP contribution in [0.4, 0.5) is 5.69 Å². The average molecular weight is 259 g/mol. The van der Waals surface area contributed by atoms with Gasteiger partial charge in [0.05, 0.1) is 11.0 Å². The van der Waals surface area contributed by atoms with Gasteiger partial charge in [-0.25, -0.2) is 0 Å². The highest BCUT2D eigenvalue weighted by Gasteiger charge is 2.22. The van der Waals surface area contributed by atoms with Crippen molar-refractivity contribution < 1.29 is 4.79 Å². The quantitative estimate of drug-likeness (QED) is 0.676. The Balaban J connectivity index is 2.34. The number of H-pyrrole nitrogens is 2. The van der Waals surface area contributed by atoms with Crippen molar-refractivity contribution in [2.45, 2.75) is 19.8 Å². The van der Waals surface area contributed by atoms with E-state index in [9.17, 15) is 14.4 Å². The van der Waals surface area contributed by atoms with E-state index in [2.05, 4.69) is 9.97 Å². The first-order chi connectivity index (χ1) is 9.08. The van der Waals surface area contributed by atoms with Gasteiger partial charge in [0.15, 0.2) is 0 Å². The molecule has 0 spiro atoms. The van der Waals surface area contributed by atoms with Crippen molar-refractivity contribution in [2.24, 2.45) is 0 Å². The summed E-state index contributed by atoms with van der Waals surface area (Å²) in [5.41, 5.74) is 1.61. The number of carbonyl (C=O) groups is 1. The standard InChI is InChI=1S/C13H13N3O3/c1-7(17)16-6-2-3-8-10(16)5-4-9-11(8)15-13(19)12(18)14-9/h4-5H,2-3,6H2,1H3,(H,14,18)(H,15,19). The number of amides is 1. The molecule has 1 aliphatic rings. The highest BCUT2D eigenvalue weighted by Crippen LogP contribution is 2.31. The van der Waals surface area contributed by atoms with E-state index < -0.39 is 11.1 Å². The number of nitrogens with one attached hydrogen (secondary N) is 2. The molecular weight excluding hydrogens is 246 g/mol. The number of carbonyl (C=O) groups excluding carboxylic acids is 1. The maximum atomic E-state index is 11.6. The molecule has 19 heavy (non-hydrogen) atoms. The van der Waals surface area contributed by atoms with Crippen molar-refractivity contribution in [3.8, 4) is 0 Å². The molecule has 3 rings (SSSR count). The van der Waals surface area contributed by atoms with Crippen LogP contribution in [0.3, 0.4) is 0 Å². The van der Waals surface area contributed by atoms with E-state index in [1.807, 2.05) is 6.07 Å². The topological polar surface area (TPSA) is 86.0 Å². The molecule has 1 aromatic heterocycles. The zero-order valence-electron chi connectivity index (χ0n) is 10.4. The second-order valence-corrected chi connectivity index (χ2v) is 4.67. The fourth-order valence-electron chi connectivity index (χ4n) is 2.60. The minimum Gasteiger partial charge on any atom is -0.316 e. The molecule has 0 saturated heterocycles. The Labute approximate surface area is 108 Å². The largest absolute Gasteiger partial charge is 0.316 e. The molecule has 0 radical (unpaired) electrons. The predicted octanol–water partition coefficient (Wildman–Crippen LogP) is 0.515. The number of benzene rings is 1. The summed E-state index contributed by atoms with van der Waals surface area (Å²) in [6.07, 6.45) is 1.62. The van der Waals surface area contributed by atoms with E-state index in [1.165, 1.54) is 6.92 Å². The maximum absolute atomic E-state index is 11.6. The summed E-state index contributed by atoms with van der Waals surface area (Å²) < 4.78 is 0. The summed E-state index contributed by atoms with van der Waals surface area (Å²) in [6, 6.07) is 3.53. The van der Waals surface area contributed by atoms with E-state index in [0.717, 1.165) is 24.1 Å². The monoisotopic (exact) mass is 259 g/mol. The Hall–Kier alpha value is -2.37. The number of fused-ring (bicyclic) bond motifs is 3. The average Bonchev–Trinajstić information content (AvgIpc) is 2.39. The van der Waals surface area contributed by atoms with Crippen LogP contribution in [0.5, 0.6) is 0 Å². The SMILES string of the molecule is CC(=O)N1CCCc2c1ccc1[nH]c(=O)c(=O)[nH]c21. The van der Waals surface area contributed by atoms with Gasteiger partial charge in [-0.05, 0) is 25.0 Å². The van der Waals surface area contributed by atoms with Crippen LogP contribution < -0.4 is 16.0 Å². The van der Waals surface area contributed by atoms with Crippen molar-refractivity contribution in [1.82, 2.24) is 9.97 Å². The third-order valence-corrected chi connectivity index (χ3v) is 3.46. The van der Waals surface area contributed by atoms with Crippen LogP contribution in [0, 0.1) is 0 Å². The summed E-state index contributed by atoms with van der Waals surface area (Å²) in [5, 5.41) is 0. The van der Waals surface area contributed by atoms with Gasteiger partial charge < -0.3 is 14.9 Å². The van der Waals surface area contributed by atoms with Crippen LogP contribution in [-0.2, 0) is 11.2 Å². The van der Waals surface area contributed by atoms with Crippen molar-refractivity contribution >= 4 is 22.6 Å². The van der Waals surface area contributed by atoms with E-state index in [0.29, 0.717) is 17.6 Å². The van der Waals surface area contributed by atoms with Crippen LogP contribution in [0.25, 0.3) is 11.0 Å². The van der Waals surface area contributed by atoms with Gasteiger partial charge in [0, 0.05) is 24.7 Å². The third kappa shape index (κ3) is 1.76. The number of aryl methyl sites for hydroxylation is 1. The highest BCUT2D eigenvalue weighted by molar-refractivity contribution is 5.96. The van der Waals surface area contributed by atoms with Gasteiger partial charge in [0.25, 0.3) is 0 Å². The molecule has 2 N–H and O–H groups in total. The van der Waals surface area contributed by atoms with Crippen molar-refractivity contribution in [2.75, 3.05) is 11.4 Å². The molecule has 0 saturated carbocycles. The number of hydrogen-bond donors (Lipinski definition) is 2. The number of nitrogens with zero attached hydrogens (tertiary/aromatic N) is 1. The lowest BCUT2D eigenvalue weighted by atomic mass is 10.00. The van der Waals surface area contributed by atoms with Crippen LogP contribution in [0.15, 0.2) is 21.7 Å². The first-order valence-corrected chi connectivity index (χ1v) is 6.14. The minimum atomic E-state index is -0.666. The number of anilines is 1. The van der Waals surface area contributed by atoms with E-state index >= 15 is 0 Å². The fourth-order valence-corrected chi connectivity index (χ4v) is 2.60. The normalized spacial score (nSPS) is 14.5. The lowest BCUT2D eigenvalue weighted by Crippen LogP contribution is -2.34. The Kier molecular flexibility index (Phi) is 2.51. The number of aromatic amines is 2. The molecular formula is C13H13N3O3. The third-order valence-electron chi connectivity index (χ3n) is 3.46. The molecule has 0 atom stereocenters. The second kappa shape index (κ2) is 4.08. The van der Waals surface area contributed by atoms with Gasteiger partial charge in [0.1, 0.15) is 0 Å². The van der Waals surface area contributed by atoms with E-state index in [-0.39, 0.29) is 5.91 Å². The Bertz CT molecular complexity index is 788. The zero-order chi connectivity index (χ0) is 13.6. The lowest BCUT2D eigenvalue weighted by Gasteiger charge is -2.29. The Morgan fingerprint density at radius 3 is 2.68 bits per heavy atom. The maximum Gasteiger partial charge on any atom is 0.314 e. The molecule has 6 nitrogen and oxygen atoms in total. The van der Waals surface area contributed by atoms with Crippen LogP contribution in [0.1, 0.15) is 18.9 Å². The van der Waals surface area contributed by atoms with Gasteiger partial charge in [-0.2, -0.15) is 0 Å². The summed E-state index contributed by atoms with van der Waals surface area (Å²) in [6.45, 7) is 2.20. The number of rotatable bonds is 0. The Morgan fingerprint density at radius 2 is 1.95 bits per heavy atom. The van der Waals surface area contributed by atoms with Gasteiger partial charge >= 0.3 is 11.1 Å². The summed E-state index contributed by atoms with van der Waals surface area (Å²) in [7, 11) is 0. The van der Waals surface area contributed by atoms with Gasteiger partial charge in [-0.15, -0.1) is 0 Å². The van der Waals surface area contributed by atoms with Gasteiger partial charge in [0.2, 0.25) is 5.91 Å². The highest BCUT2D eigenvalue weighted by atomic mass is 16.2. The fraction of sp³-hybridized carbons (Fsp3) is 0.308. The molecule has 0 aliphatic carbocycles. The second-order valence-electron chi connectivity index (χ2n) is 4.67. The molecule has 1 amide bonds. The molecule has 0 bridgehead atoms. The summed E-state index contributed by atoms with van der Waals surface area (Å²) in [5.74, 6) is -0.0212. The Morgan fingerprint density at radius 1 is 1.21 bits per heavy atom. The lowest BCUT2D eigenvalue weighted by molar-refractivity contribution is -0.116. The molecule has 98 valence electrons. The molecule has 0 unspecified atom stereocenters. The zero-order valence-corrected chi connectivity index (χ0v) is 10.4. The molecule has 6 heteroatoms. The van der Waals surface area contributed by atoms with Gasteiger partial charge in [-0.3, -0.25) is 14.4 Å². The predicted molar refractivity (Wildman–Crippen MR) is 71.5 cm³/mol. The molecule has 1 aliphatic heterocycles. The van der Waals surface area contributed by atoms with Crippen molar-refractivity contribution in [1.29, 1.82) is 0 Å². The van der Waals surface area contributed by atoms with Gasteiger partial charge in [-0.1, -0.05) is 0 Å². The minimum absolute atomic E-state index is 0.0212. The molecule has 1 aromatic carbocycles. The number of aromatic nitrogens is 2. The van der Waals surface area contributed by atoms with Crippen LogP contribution in [0.2, 0.25) is 0 Å². The number of hydrogen-bond acceptors (Lipinski definition) is 3. The summed E-state index contributed by atoms with van der Waals surface area (Å²) >= 11 is 0. The van der Waals surface area contributed by atoms with Crippen molar-refractivity contribution in [3.63, 3.8) is 0 Å². The first-order valence-electron chi connectivity index (χ1n) is 6.14. The molecule has 2 aromatic rings. The summed E-state index contributed by atoms with van der Waals surface area (Å²) in [4.78, 5) is 41.2. The van der Waals surface area contributed by atoms with E-state index in [1.54, 1.807) is 11.0 Å². The van der Waals surface area contributed by atoms with Crippen LogP contribution in [-0.4, -0.2) is 22.4 Å². The van der Waals surface area contributed by atoms with Crippen molar-refractivity contribution in [3.05, 3.63) is 38.4 Å². The van der Waals surface area contributed by atoms with Crippen LogP contribution >= 0.6 is 0 Å². The molecule has 0 fully saturated rings. The molecule has 2 heterocycles. The van der Waals surface area contributed by atoms with E-state index in [4.69, 9.17) is 0 Å². The first kappa shape index (κ1) is 11.7. The smallest absolute Gasteiger partial charge is 0.314 e.